The Labute approximate surface area is 152 Å². The highest BCUT2D eigenvalue weighted by molar-refractivity contribution is 5.65. The van der Waals surface area contributed by atoms with Gasteiger partial charge in [0.2, 0.25) is 0 Å². The monoisotopic (exact) mass is 358 g/mol. The van der Waals surface area contributed by atoms with E-state index in [1.165, 1.54) is 22.6 Å². The second-order valence-electron chi connectivity index (χ2n) is 6.48. The fourth-order valence-corrected chi connectivity index (χ4v) is 2.96. The van der Waals surface area contributed by atoms with Gasteiger partial charge in [0.05, 0.1) is 13.2 Å². The van der Waals surface area contributed by atoms with Crippen molar-refractivity contribution in [2.75, 3.05) is 26.2 Å². The van der Waals surface area contributed by atoms with E-state index in [0.717, 1.165) is 30.8 Å². The molecule has 0 spiro atoms. The van der Waals surface area contributed by atoms with Crippen LogP contribution in [-0.2, 0) is 24.5 Å². The standard InChI is InChI=1S/C20H23FN2O3/c21-19-7-5-18(6-8-19)15-26-14-17-3-1-16(2-4-17)13-22-9-11-23(12-10-22)20(24)25/h1-8H,9-15H2,(H,24,25). The van der Waals surface area contributed by atoms with Gasteiger partial charge >= 0.3 is 6.09 Å². The third kappa shape index (κ3) is 5.28. The quantitative estimate of drug-likeness (QED) is 0.861. The molecule has 3 rings (SSSR count). The molecule has 1 N–H and O–H groups in total. The van der Waals surface area contributed by atoms with Gasteiger partial charge in [-0.1, -0.05) is 36.4 Å². The van der Waals surface area contributed by atoms with Crippen LogP contribution in [0.2, 0.25) is 0 Å². The first kappa shape index (κ1) is 18.4. The third-order valence-electron chi connectivity index (χ3n) is 4.52. The van der Waals surface area contributed by atoms with E-state index >= 15 is 0 Å². The number of halogens is 1. The van der Waals surface area contributed by atoms with Gasteiger partial charge in [-0.3, -0.25) is 4.90 Å². The van der Waals surface area contributed by atoms with E-state index in [1.807, 2.05) is 12.1 Å². The first-order valence-corrected chi connectivity index (χ1v) is 8.70. The van der Waals surface area contributed by atoms with Crippen LogP contribution in [0.5, 0.6) is 0 Å². The number of nitrogens with zero attached hydrogens (tertiary/aromatic N) is 2. The van der Waals surface area contributed by atoms with Crippen molar-refractivity contribution in [2.24, 2.45) is 0 Å². The van der Waals surface area contributed by atoms with Gasteiger partial charge in [0.25, 0.3) is 0 Å². The van der Waals surface area contributed by atoms with Crippen molar-refractivity contribution in [2.45, 2.75) is 19.8 Å². The number of ether oxygens (including phenoxy) is 1. The molecule has 1 aliphatic heterocycles. The van der Waals surface area contributed by atoms with E-state index in [1.54, 1.807) is 12.1 Å². The highest BCUT2D eigenvalue weighted by Crippen LogP contribution is 2.12. The van der Waals surface area contributed by atoms with Gasteiger partial charge in [-0.2, -0.15) is 0 Å². The number of carboxylic acid groups (broad SMARTS) is 1. The van der Waals surface area contributed by atoms with E-state index in [0.29, 0.717) is 26.3 Å². The highest BCUT2D eigenvalue weighted by atomic mass is 19.1. The van der Waals surface area contributed by atoms with Crippen molar-refractivity contribution >= 4 is 6.09 Å². The summed E-state index contributed by atoms with van der Waals surface area (Å²) in [5.41, 5.74) is 3.24. The van der Waals surface area contributed by atoms with Gasteiger partial charge in [0, 0.05) is 32.7 Å². The fraction of sp³-hybridized carbons (Fsp3) is 0.350. The molecular formula is C20H23FN2O3. The molecule has 1 amide bonds. The molecule has 0 aliphatic carbocycles. The average Bonchev–Trinajstić information content (AvgIpc) is 2.65. The van der Waals surface area contributed by atoms with Gasteiger partial charge in [0.15, 0.2) is 0 Å². The Morgan fingerprint density at radius 3 is 1.92 bits per heavy atom. The minimum absolute atomic E-state index is 0.242. The summed E-state index contributed by atoms with van der Waals surface area (Å²) in [5.74, 6) is -0.242. The molecule has 0 saturated carbocycles. The summed E-state index contributed by atoms with van der Waals surface area (Å²) in [4.78, 5) is 14.6. The fourth-order valence-electron chi connectivity index (χ4n) is 2.96. The zero-order chi connectivity index (χ0) is 18.4. The lowest BCUT2D eigenvalue weighted by Crippen LogP contribution is -2.47. The van der Waals surface area contributed by atoms with Crippen molar-refractivity contribution < 1.29 is 19.0 Å². The molecule has 2 aromatic carbocycles. The van der Waals surface area contributed by atoms with E-state index in [-0.39, 0.29) is 5.82 Å². The maximum atomic E-state index is 12.9. The Morgan fingerprint density at radius 1 is 0.885 bits per heavy atom. The zero-order valence-corrected chi connectivity index (χ0v) is 14.6. The first-order valence-electron chi connectivity index (χ1n) is 8.70. The number of hydrogen-bond donors (Lipinski definition) is 1. The summed E-state index contributed by atoms with van der Waals surface area (Å²) in [5, 5.41) is 8.98. The van der Waals surface area contributed by atoms with Gasteiger partial charge in [0.1, 0.15) is 5.82 Å². The van der Waals surface area contributed by atoms with Crippen LogP contribution >= 0.6 is 0 Å². The number of carbonyl (C=O) groups is 1. The molecule has 26 heavy (non-hydrogen) atoms. The largest absolute Gasteiger partial charge is 0.465 e. The molecule has 0 bridgehead atoms. The van der Waals surface area contributed by atoms with Gasteiger partial charge in [-0.05, 0) is 28.8 Å². The van der Waals surface area contributed by atoms with E-state index in [9.17, 15) is 9.18 Å². The van der Waals surface area contributed by atoms with Crippen LogP contribution in [0, 0.1) is 5.82 Å². The molecule has 1 heterocycles. The lowest BCUT2D eigenvalue weighted by molar-refractivity contribution is 0.103. The van der Waals surface area contributed by atoms with E-state index in [4.69, 9.17) is 9.84 Å². The summed E-state index contributed by atoms with van der Waals surface area (Å²) < 4.78 is 18.5. The summed E-state index contributed by atoms with van der Waals surface area (Å²) in [7, 11) is 0. The summed E-state index contributed by atoms with van der Waals surface area (Å²) in [6.45, 7) is 4.42. The smallest absolute Gasteiger partial charge is 0.407 e. The van der Waals surface area contributed by atoms with Crippen LogP contribution in [0.25, 0.3) is 0 Å². The molecule has 0 atom stereocenters. The molecule has 0 aromatic heterocycles. The molecule has 5 nitrogen and oxygen atoms in total. The Hall–Kier alpha value is -2.44. The SMILES string of the molecule is O=C(O)N1CCN(Cc2ccc(COCc3ccc(F)cc3)cc2)CC1. The second-order valence-corrected chi connectivity index (χ2v) is 6.48. The van der Waals surface area contributed by atoms with Crippen LogP contribution in [0.3, 0.4) is 0 Å². The molecule has 1 fully saturated rings. The molecule has 1 aliphatic rings. The van der Waals surface area contributed by atoms with Crippen molar-refractivity contribution in [3.8, 4) is 0 Å². The predicted octanol–water partition coefficient (Wildman–Crippen LogP) is 3.34. The second kappa shape index (κ2) is 8.78. The Balaban J connectivity index is 1.42. The Kier molecular flexibility index (Phi) is 6.20. The van der Waals surface area contributed by atoms with Crippen molar-refractivity contribution in [3.05, 3.63) is 71.0 Å². The Bertz CT molecular complexity index is 711. The van der Waals surface area contributed by atoms with Crippen molar-refractivity contribution in [1.29, 1.82) is 0 Å². The van der Waals surface area contributed by atoms with Crippen LogP contribution in [0.4, 0.5) is 9.18 Å². The molecule has 1 saturated heterocycles. The maximum absolute atomic E-state index is 12.9. The number of piperazine rings is 1. The molecule has 6 heteroatoms. The van der Waals surface area contributed by atoms with E-state index < -0.39 is 6.09 Å². The topological polar surface area (TPSA) is 53.0 Å². The van der Waals surface area contributed by atoms with Gasteiger partial charge in [-0.25, -0.2) is 9.18 Å². The minimum Gasteiger partial charge on any atom is -0.465 e. The number of rotatable bonds is 6. The van der Waals surface area contributed by atoms with Gasteiger partial charge in [-0.15, -0.1) is 0 Å². The summed E-state index contributed by atoms with van der Waals surface area (Å²) >= 11 is 0. The zero-order valence-electron chi connectivity index (χ0n) is 14.6. The first-order chi connectivity index (χ1) is 12.6. The lowest BCUT2D eigenvalue weighted by atomic mass is 10.1. The molecule has 138 valence electrons. The Morgan fingerprint density at radius 2 is 1.38 bits per heavy atom. The van der Waals surface area contributed by atoms with Crippen molar-refractivity contribution in [1.82, 2.24) is 9.80 Å². The van der Waals surface area contributed by atoms with Crippen LogP contribution in [0.1, 0.15) is 16.7 Å². The molecule has 0 unspecified atom stereocenters. The van der Waals surface area contributed by atoms with Crippen molar-refractivity contribution in [3.63, 3.8) is 0 Å². The maximum Gasteiger partial charge on any atom is 0.407 e. The number of hydrogen-bond acceptors (Lipinski definition) is 3. The normalized spacial score (nSPS) is 15.2. The van der Waals surface area contributed by atoms with Crippen LogP contribution in [0.15, 0.2) is 48.5 Å². The van der Waals surface area contributed by atoms with Gasteiger partial charge < -0.3 is 14.7 Å². The van der Waals surface area contributed by atoms with Crippen LogP contribution in [-0.4, -0.2) is 47.2 Å². The van der Waals surface area contributed by atoms with Crippen LogP contribution < -0.4 is 0 Å². The lowest BCUT2D eigenvalue weighted by Gasteiger charge is -2.33. The summed E-state index contributed by atoms with van der Waals surface area (Å²) in [6, 6.07) is 14.6. The number of benzene rings is 2. The predicted molar refractivity (Wildman–Crippen MR) is 96.2 cm³/mol. The minimum atomic E-state index is -0.838. The molecular weight excluding hydrogens is 335 g/mol. The third-order valence-corrected chi connectivity index (χ3v) is 4.52. The summed E-state index contributed by atoms with van der Waals surface area (Å²) in [6.07, 6.45) is -0.838. The number of amides is 1. The average molecular weight is 358 g/mol. The molecule has 2 aromatic rings. The molecule has 0 radical (unpaired) electrons. The highest BCUT2D eigenvalue weighted by Gasteiger charge is 2.20. The van der Waals surface area contributed by atoms with E-state index in [2.05, 4.69) is 17.0 Å².